The topological polar surface area (TPSA) is 65.2 Å². The Bertz CT molecular complexity index is 760. The van der Waals surface area contributed by atoms with E-state index in [2.05, 4.69) is 26.1 Å². The lowest BCUT2D eigenvalue weighted by molar-refractivity contribution is 0.316. The summed E-state index contributed by atoms with van der Waals surface area (Å²) in [6, 6.07) is 14.2. The average molecular weight is 385 g/mol. The van der Waals surface area contributed by atoms with Crippen LogP contribution in [-0.2, 0) is 0 Å². The Morgan fingerprint density at radius 2 is 1.21 bits per heavy atom. The lowest BCUT2D eigenvalue weighted by atomic mass is 9.69. The van der Waals surface area contributed by atoms with Crippen molar-refractivity contribution in [2.45, 2.75) is 23.6 Å². The highest BCUT2D eigenvalue weighted by Crippen LogP contribution is 2.48. The Kier molecular flexibility index (Phi) is 3.68. The molecule has 0 radical (unpaired) electrons. The Labute approximate surface area is 148 Å². The van der Waals surface area contributed by atoms with Crippen molar-refractivity contribution in [3.8, 4) is 11.5 Å². The van der Waals surface area contributed by atoms with Gasteiger partial charge >= 0.3 is 0 Å². The van der Waals surface area contributed by atoms with Crippen LogP contribution in [-0.4, -0.2) is 26.0 Å². The molecule has 0 amide bonds. The maximum atomic E-state index is 9.55. The molecule has 2 aliphatic rings. The molecule has 5 heteroatoms. The highest BCUT2D eigenvalue weighted by atomic mass is 79.9. The smallest absolute Gasteiger partial charge is 0.117 e. The molecule has 1 heterocycles. The lowest BCUT2D eigenvalue weighted by Crippen LogP contribution is -2.48. The van der Waals surface area contributed by atoms with Gasteiger partial charge in [0.15, 0.2) is 0 Å². The van der Waals surface area contributed by atoms with Gasteiger partial charge in [-0.1, -0.05) is 22.4 Å². The summed E-state index contributed by atoms with van der Waals surface area (Å²) in [4.78, 5) is 0. The summed E-state index contributed by atoms with van der Waals surface area (Å²) >= 11 is 3.98. The molecule has 0 bridgehead atoms. The van der Waals surface area contributed by atoms with E-state index in [1.807, 2.05) is 24.3 Å². The molecule has 2 aromatic carbocycles. The van der Waals surface area contributed by atoms with Gasteiger partial charge in [0.05, 0.1) is 11.4 Å². The molecule has 1 aliphatic heterocycles. The zero-order valence-electron chi connectivity index (χ0n) is 13.0. The SMILES string of the molecule is Oc1ccc(C2=NN=C(c3ccc(O)cc3)C2(Br)C2CCC2)cc1. The first-order chi connectivity index (χ1) is 11.6. The van der Waals surface area contributed by atoms with Gasteiger partial charge in [0.1, 0.15) is 15.8 Å². The third-order valence-electron chi connectivity index (χ3n) is 4.89. The first-order valence-electron chi connectivity index (χ1n) is 8.03. The molecule has 122 valence electrons. The number of benzene rings is 2. The van der Waals surface area contributed by atoms with Crippen molar-refractivity contribution in [3.05, 3.63) is 59.7 Å². The summed E-state index contributed by atoms with van der Waals surface area (Å²) in [7, 11) is 0. The van der Waals surface area contributed by atoms with E-state index in [0.29, 0.717) is 5.92 Å². The highest BCUT2D eigenvalue weighted by molar-refractivity contribution is 9.10. The van der Waals surface area contributed by atoms with Crippen molar-refractivity contribution in [2.75, 3.05) is 0 Å². The van der Waals surface area contributed by atoms with Gasteiger partial charge < -0.3 is 10.2 Å². The standard InChI is InChI=1S/C19H17BrN2O2/c20-19(14-2-1-3-14)17(12-4-8-15(23)9-5-12)21-22-18(19)13-6-10-16(24)11-7-13/h4-11,14,23-24H,1-3H2. The van der Waals surface area contributed by atoms with Crippen LogP contribution in [0.4, 0.5) is 0 Å². The maximum Gasteiger partial charge on any atom is 0.117 e. The molecular formula is C19H17BrN2O2. The second-order valence-corrected chi connectivity index (χ2v) is 7.58. The fraction of sp³-hybridized carbons (Fsp3) is 0.263. The second kappa shape index (κ2) is 5.74. The predicted molar refractivity (Wildman–Crippen MR) is 98.3 cm³/mol. The van der Waals surface area contributed by atoms with Gasteiger partial charge in [-0.3, -0.25) is 0 Å². The normalized spacial score (nSPS) is 19.5. The number of alkyl halides is 1. The quantitative estimate of drug-likeness (QED) is 0.777. The molecule has 0 aromatic heterocycles. The molecule has 0 atom stereocenters. The van der Waals surface area contributed by atoms with Crippen LogP contribution < -0.4 is 0 Å². The van der Waals surface area contributed by atoms with Gasteiger partial charge in [0.2, 0.25) is 0 Å². The van der Waals surface area contributed by atoms with Crippen LogP contribution in [0, 0.1) is 5.92 Å². The van der Waals surface area contributed by atoms with E-state index in [9.17, 15) is 10.2 Å². The van der Waals surface area contributed by atoms with Crippen molar-refractivity contribution in [1.82, 2.24) is 0 Å². The second-order valence-electron chi connectivity index (χ2n) is 6.33. The molecule has 2 aromatic rings. The van der Waals surface area contributed by atoms with Crippen LogP contribution in [0.5, 0.6) is 11.5 Å². The average Bonchev–Trinajstić information content (AvgIpc) is 2.85. The molecule has 1 saturated carbocycles. The number of rotatable bonds is 3. The zero-order valence-corrected chi connectivity index (χ0v) is 14.6. The van der Waals surface area contributed by atoms with E-state index >= 15 is 0 Å². The fourth-order valence-corrected chi connectivity index (χ4v) is 4.40. The van der Waals surface area contributed by atoms with Crippen LogP contribution >= 0.6 is 15.9 Å². The first-order valence-corrected chi connectivity index (χ1v) is 8.82. The summed E-state index contributed by atoms with van der Waals surface area (Å²) in [5, 5.41) is 28.1. The Morgan fingerprint density at radius 3 is 1.54 bits per heavy atom. The van der Waals surface area contributed by atoms with E-state index in [-0.39, 0.29) is 11.5 Å². The van der Waals surface area contributed by atoms with Gasteiger partial charge in [-0.2, -0.15) is 10.2 Å². The Morgan fingerprint density at radius 1 is 0.792 bits per heavy atom. The van der Waals surface area contributed by atoms with Gasteiger partial charge in [-0.15, -0.1) is 0 Å². The predicted octanol–water partition coefficient (Wildman–Crippen LogP) is 4.24. The number of halogens is 1. The maximum absolute atomic E-state index is 9.55. The third-order valence-corrected chi connectivity index (χ3v) is 6.29. The van der Waals surface area contributed by atoms with Gasteiger partial charge in [0.25, 0.3) is 0 Å². The van der Waals surface area contributed by atoms with Crippen LogP contribution in [0.1, 0.15) is 30.4 Å². The van der Waals surface area contributed by atoms with E-state index in [4.69, 9.17) is 0 Å². The first kappa shape index (κ1) is 15.4. The van der Waals surface area contributed by atoms with Gasteiger partial charge in [-0.05, 0) is 78.4 Å². The van der Waals surface area contributed by atoms with Gasteiger partial charge in [0, 0.05) is 0 Å². The van der Waals surface area contributed by atoms with Crippen molar-refractivity contribution in [2.24, 2.45) is 16.1 Å². The van der Waals surface area contributed by atoms with Crippen LogP contribution in [0.3, 0.4) is 0 Å². The van der Waals surface area contributed by atoms with Crippen molar-refractivity contribution < 1.29 is 10.2 Å². The zero-order chi connectivity index (χ0) is 16.7. The van der Waals surface area contributed by atoms with Crippen LogP contribution in [0.2, 0.25) is 0 Å². The molecule has 1 aliphatic carbocycles. The summed E-state index contributed by atoms with van der Waals surface area (Å²) in [5.74, 6) is 0.904. The molecule has 0 unspecified atom stereocenters. The molecule has 2 N–H and O–H groups in total. The summed E-state index contributed by atoms with van der Waals surface area (Å²) in [6.45, 7) is 0. The molecule has 1 fully saturated rings. The minimum atomic E-state index is -0.431. The number of nitrogens with zero attached hydrogens (tertiary/aromatic N) is 2. The number of phenols is 2. The number of phenolic OH excluding ortho intramolecular Hbond substituents is 2. The summed E-state index contributed by atoms with van der Waals surface area (Å²) in [6.07, 6.45) is 3.46. The van der Waals surface area contributed by atoms with E-state index in [1.54, 1.807) is 24.3 Å². The molecule has 4 nitrogen and oxygen atoms in total. The molecular weight excluding hydrogens is 368 g/mol. The monoisotopic (exact) mass is 384 g/mol. The molecule has 24 heavy (non-hydrogen) atoms. The Balaban J connectivity index is 1.77. The van der Waals surface area contributed by atoms with Crippen molar-refractivity contribution in [3.63, 3.8) is 0 Å². The minimum absolute atomic E-state index is 0.237. The van der Waals surface area contributed by atoms with E-state index in [1.165, 1.54) is 6.42 Å². The number of hydrogen-bond donors (Lipinski definition) is 2. The van der Waals surface area contributed by atoms with E-state index in [0.717, 1.165) is 35.4 Å². The van der Waals surface area contributed by atoms with Crippen LogP contribution in [0.15, 0.2) is 58.7 Å². The largest absolute Gasteiger partial charge is 0.508 e. The van der Waals surface area contributed by atoms with Crippen molar-refractivity contribution >= 4 is 27.4 Å². The highest BCUT2D eigenvalue weighted by Gasteiger charge is 2.51. The summed E-state index contributed by atoms with van der Waals surface area (Å²) in [5.41, 5.74) is 3.67. The lowest BCUT2D eigenvalue weighted by Gasteiger charge is -2.40. The van der Waals surface area contributed by atoms with Crippen molar-refractivity contribution in [1.29, 1.82) is 0 Å². The molecule has 0 saturated heterocycles. The number of aromatic hydroxyl groups is 2. The van der Waals surface area contributed by atoms with E-state index < -0.39 is 4.32 Å². The summed E-state index contributed by atoms with van der Waals surface area (Å²) < 4.78 is -0.431. The van der Waals surface area contributed by atoms with Crippen LogP contribution in [0.25, 0.3) is 0 Å². The Hall–Kier alpha value is -2.14. The third kappa shape index (κ3) is 2.35. The van der Waals surface area contributed by atoms with Gasteiger partial charge in [-0.25, -0.2) is 0 Å². The molecule has 0 spiro atoms. The number of hydrogen-bond acceptors (Lipinski definition) is 4. The molecule has 4 rings (SSSR count). The minimum Gasteiger partial charge on any atom is -0.508 e. The fourth-order valence-electron chi connectivity index (χ4n) is 3.32.